The van der Waals surface area contributed by atoms with Crippen LogP contribution in [0, 0.1) is 0 Å². The minimum Gasteiger partial charge on any atom is -0.396 e. The highest BCUT2D eigenvalue weighted by molar-refractivity contribution is 5.76. The molecule has 1 heterocycles. The van der Waals surface area contributed by atoms with Crippen LogP contribution >= 0.6 is 0 Å². The lowest BCUT2D eigenvalue weighted by atomic mass is 10.3. The van der Waals surface area contributed by atoms with Crippen LogP contribution in [0.2, 0.25) is 0 Å². The van der Waals surface area contributed by atoms with Gasteiger partial charge in [0, 0.05) is 25.9 Å². The average Bonchev–Trinajstić information content (AvgIpc) is 3.08. The first-order valence-corrected chi connectivity index (χ1v) is 5.96. The summed E-state index contributed by atoms with van der Waals surface area (Å²) in [4.78, 5) is 13.6. The summed E-state index contributed by atoms with van der Waals surface area (Å²) in [5.41, 5.74) is 0.820. The first kappa shape index (κ1) is 12.0. The summed E-state index contributed by atoms with van der Waals surface area (Å²) in [5, 5.41) is 16.6. The number of likely N-dealkylation sites (N-methyl/N-ethyl adjacent to an activating group) is 1. The molecule has 1 fully saturated rings. The Bertz CT molecular complexity index is 387. The molecule has 6 nitrogen and oxygen atoms in total. The SMILES string of the molecule is CN(C(=O)Cn1cc(CCCO)nn1)C1CC1. The Morgan fingerprint density at radius 2 is 2.41 bits per heavy atom. The van der Waals surface area contributed by atoms with Gasteiger partial charge >= 0.3 is 0 Å². The van der Waals surface area contributed by atoms with E-state index in [1.807, 2.05) is 7.05 Å². The van der Waals surface area contributed by atoms with E-state index in [2.05, 4.69) is 10.3 Å². The van der Waals surface area contributed by atoms with Crippen molar-refractivity contribution in [2.45, 2.75) is 38.3 Å². The van der Waals surface area contributed by atoms with Gasteiger partial charge in [0.25, 0.3) is 0 Å². The Balaban J connectivity index is 1.85. The molecule has 1 aromatic rings. The van der Waals surface area contributed by atoms with Crippen LogP contribution in [0.5, 0.6) is 0 Å². The molecule has 1 aromatic heterocycles. The number of aliphatic hydroxyl groups is 1. The zero-order valence-corrected chi connectivity index (χ0v) is 10.0. The van der Waals surface area contributed by atoms with E-state index in [0.717, 1.165) is 18.5 Å². The number of amides is 1. The minimum atomic E-state index is 0.0751. The molecule has 0 aromatic carbocycles. The summed E-state index contributed by atoms with van der Waals surface area (Å²) < 4.78 is 1.56. The molecule has 1 saturated carbocycles. The molecule has 1 N–H and O–H groups in total. The van der Waals surface area contributed by atoms with Crippen LogP contribution in [-0.2, 0) is 17.8 Å². The number of carbonyl (C=O) groups is 1. The van der Waals surface area contributed by atoms with Gasteiger partial charge < -0.3 is 10.0 Å². The summed E-state index contributed by atoms with van der Waals surface area (Å²) in [7, 11) is 1.84. The van der Waals surface area contributed by atoms with E-state index < -0.39 is 0 Å². The second-order valence-electron chi connectivity index (χ2n) is 4.47. The average molecular weight is 238 g/mol. The summed E-state index contributed by atoms with van der Waals surface area (Å²) in [5.74, 6) is 0.0751. The van der Waals surface area contributed by atoms with Gasteiger partial charge in [-0.05, 0) is 25.7 Å². The van der Waals surface area contributed by atoms with Gasteiger partial charge in [0.15, 0.2) is 0 Å². The molecule has 0 unspecified atom stereocenters. The van der Waals surface area contributed by atoms with Crippen LogP contribution in [0.4, 0.5) is 0 Å². The zero-order chi connectivity index (χ0) is 12.3. The fraction of sp³-hybridized carbons (Fsp3) is 0.727. The van der Waals surface area contributed by atoms with Crippen LogP contribution in [0.15, 0.2) is 6.20 Å². The predicted octanol–water partition coefficient (Wildman–Crippen LogP) is -0.176. The van der Waals surface area contributed by atoms with E-state index in [9.17, 15) is 4.79 Å². The lowest BCUT2D eigenvalue weighted by Crippen LogP contribution is -2.32. The highest BCUT2D eigenvalue weighted by Crippen LogP contribution is 2.25. The number of aliphatic hydroxyl groups excluding tert-OH is 1. The smallest absolute Gasteiger partial charge is 0.244 e. The quantitative estimate of drug-likeness (QED) is 0.746. The van der Waals surface area contributed by atoms with Crippen molar-refractivity contribution in [1.29, 1.82) is 0 Å². The molecule has 1 amide bonds. The molecular weight excluding hydrogens is 220 g/mol. The molecule has 94 valence electrons. The lowest BCUT2D eigenvalue weighted by Gasteiger charge is -2.15. The largest absolute Gasteiger partial charge is 0.396 e. The van der Waals surface area contributed by atoms with Gasteiger partial charge in [-0.1, -0.05) is 5.21 Å². The molecule has 0 saturated heterocycles. The normalized spacial score (nSPS) is 14.9. The molecule has 0 spiro atoms. The van der Waals surface area contributed by atoms with Gasteiger partial charge in [0.1, 0.15) is 6.54 Å². The second-order valence-corrected chi connectivity index (χ2v) is 4.47. The Hall–Kier alpha value is -1.43. The van der Waals surface area contributed by atoms with Crippen LogP contribution < -0.4 is 0 Å². The van der Waals surface area contributed by atoms with E-state index in [1.165, 1.54) is 0 Å². The number of nitrogens with zero attached hydrogens (tertiary/aromatic N) is 4. The monoisotopic (exact) mass is 238 g/mol. The second kappa shape index (κ2) is 5.27. The predicted molar refractivity (Wildman–Crippen MR) is 61.2 cm³/mol. The van der Waals surface area contributed by atoms with Crippen molar-refractivity contribution in [2.75, 3.05) is 13.7 Å². The molecule has 0 bridgehead atoms. The van der Waals surface area contributed by atoms with Crippen LogP contribution in [0.3, 0.4) is 0 Å². The zero-order valence-electron chi connectivity index (χ0n) is 10.0. The van der Waals surface area contributed by atoms with Crippen molar-refractivity contribution in [3.05, 3.63) is 11.9 Å². The number of rotatable bonds is 6. The van der Waals surface area contributed by atoms with Crippen LogP contribution in [0.1, 0.15) is 25.0 Å². The first-order chi connectivity index (χ1) is 8.20. The van der Waals surface area contributed by atoms with E-state index in [-0.39, 0.29) is 19.1 Å². The highest BCUT2D eigenvalue weighted by Gasteiger charge is 2.29. The van der Waals surface area contributed by atoms with E-state index in [1.54, 1.807) is 15.8 Å². The van der Waals surface area contributed by atoms with E-state index in [0.29, 0.717) is 18.9 Å². The van der Waals surface area contributed by atoms with E-state index in [4.69, 9.17) is 5.11 Å². The molecule has 17 heavy (non-hydrogen) atoms. The van der Waals surface area contributed by atoms with Crippen molar-refractivity contribution in [3.63, 3.8) is 0 Å². The van der Waals surface area contributed by atoms with Gasteiger partial charge in [0.05, 0.1) is 5.69 Å². The van der Waals surface area contributed by atoms with Crippen molar-refractivity contribution in [1.82, 2.24) is 19.9 Å². The topological polar surface area (TPSA) is 71.2 Å². The van der Waals surface area contributed by atoms with Gasteiger partial charge in [-0.2, -0.15) is 0 Å². The molecule has 1 aliphatic rings. The molecule has 2 rings (SSSR count). The molecular formula is C11H18N4O2. The Kier molecular flexibility index (Phi) is 3.73. The molecule has 0 aliphatic heterocycles. The van der Waals surface area contributed by atoms with Gasteiger partial charge in [-0.25, -0.2) is 4.68 Å². The molecule has 1 aliphatic carbocycles. The number of aryl methyl sites for hydroxylation is 1. The van der Waals surface area contributed by atoms with Crippen molar-refractivity contribution < 1.29 is 9.90 Å². The fourth-order valence-corrected chi connectivity index (χ4v) is 1.71. The van der Waals surface area contributed by atoms with Crippen molar-refractivity contribution >= 4 is 5.91 Å². The third kappa shape index (κ3) is 3.26. The van der Waals surface area contributed by atoms with Gasteiger partial charge in [-0.15, -0.1) is 5.10 Å². The number of hydrogen-bond acceptors (Lipinski definition) is 4. The van der Waals surface area contributed by atoms with Crippen molar-refractivity contribution in [2.24, 2.45) is 0 Å². The molecule has 0 radical (unpaired) electrons. The summed E-state index contributed by atoms with van der Waals surface area (Å²) >= 11 is 0. The summed E-state index contributed by atoms with van der Waals surface area (Å²) in [6.07, 6.45) is 5.37. The number of hydrogen-bond donors (Lipinski definition) is 1. The molecule has 6 heteroatoms. The first-order valence-electron chi connectivity index (χ1n) is 5.96. The van der Waals surface area contributed by atoms with Crippen LogP contribution in [-0.4, -0.2) is 50.6 Å². The van der Waals surface area contributed by atoms with E-state index >= 15 is 0 Å². The Morgan fingerprint density at radius 3 is 3.06 bits per heavy atom. The Labute approximate surface area is 100 Å². The fourth-order valence-electron chi connectivity index (χ4n) is 1.71. The summed E-state index contributed by atoms with van der Waals surface area (Å²) in [6.45, 7) is 0.398. The maximum absolute atomic E-state index is 11.8. The number of carbonyl (C=O) groups excluding carboxylic acids is 1. The maximum Gasteiger partial charge on any atom is 0.244 e. The lowest BCUT2D eigenvalue weighted by molar-refractivity contribution is -0.131. The van der Waals surface area contributed by atoms with Crippen molar-refractivity contribution in [3.8, 4) is 0 Å². The third-order valence-electron chi connectivity index (χ3n) is 2.96. The summed E-state index contributed by atoms with van der Waals surface area (Å²) in [6, 6.07) is 0.430. The van der Waals surface area contributed by atoms with Gasteiger partial charge in [0.2, 0.25) is 5.91 Å². The standard InChI is InChI=1S/C11H18N4O2/c1-14(10-4-5-10)11(17)8-15-7-9(12-13-15)3-2-6-16/h7,10,16H,2-6,8H2,1H3. The van der Waals surface area contributed by atoms with Gasteiger partial charge in [-0.3, -0.25) is 4.79 Å². The molecule has 0 atom stereocenters. The third-order valence-corrected chi connectivity index (χ3v) is 2.96. The highest BCUT2D eigenvalue weighted by atomic mass is 16.2. The maximum atomic E-state index is 11.8. The Morgan fingerprint density at radius 1 is 1.65 bits per heavy atom. The van der Waals surface area contributed by atoms with Crippen LogP contribution in [0.25, 0.3) is 0 Å². The minimum absolute atomic E-state index is 0.0751. The number of aromatic nitrogens is 3.